The zero-order valence-corrected chi connectivity index (χ0v) is 34.4. The number of hydrogen-bond acceptors (Lipinski definition) is 11. The van der Waals surface area contributed by atoms with Crippen molar-refractivity contribution in [3.05, 3.63) is 118 Å². The summed E-state index contributed by atoms with van der Waals surface area (Å²) in [4.78, 5) is 71.1. The molecule has 4 aromatic carbocycles. The van der Waals surface area contributed by atoms with Gasteiger partial charge in [0.15, 0.2) is 0 Å². The van der Waals surface area contributed by atoms with Crippen LogP contribution in [0.1, 0.15) is 50.2 Å². The second-order valence-corrected chi connectivity index (χ2v) is 15.3. The Morgan fingerprint density at radius 1 is 0.938 bits per heavy atom. The zero-order chi connectivity index (χ0) is 45.1. The number of aromatic amines is 1. The van der Waals surface area contributed by atoms with Crippen molar-refractivity contribution in [2.75, 3.05) is 38.2 Å². The van der Waals surface area contributed by atoms with Crippen molar-refractivity contribution in [1.82, 2.24) is 35.3 Å². The van der Waals surface area contributed by atoms with Gasteiger partial charge < -0.3 is 30.2 Å². The standard InChI is InChI=1S/C44H38ClF3N8O8/c45-27-11-15-31-33(22-27)52-43(51-31)56-41(61)30(38(54-56)25-7-9-26(10-8-25)44(46,47)48)14-6-24-4-12-28(13-5-24)64-21-20-63-23-36(58)50-19-18-49-32-3-1-2-29-37(32)42(62)55(40(29)60)34-16-17-35(57)53-39(34)59/h1-5,7-13,15,22,34,49,61H,6,14,16-21,23H2,(H,50,58)(H,51,52)(H,53,57,59). The van der Waals surface area contributed by atoms with Crippen LogP contribution in [0, 0.1) is 0 Å². The Bertz CT molecular complexity index is 2770. The van der Waals surface area contributed by atoms with E-state index in [9.17, 15) is 42.3 Å². The number of ether oxygens (including phenoxy) is 2. The molecule has 20 heteroatoms. The number of hydrogen-bond donors (Lipinski definition) is 5. The summed E-state index contributed by atoms with van der Waals surface area (Å²) in [6.45, 7) is 0.401. The molecule has 2 aliphatic heterocycles. The first-order valence-corrected chi connectivity index (χ1v) is 20.4. The molecule has 6 aromatic rings. The Balaban J connectivity index is 0.795. The Morgan fingerprint density at radius 3 is 2.47 bits per heavy atom. The summed E-state index contributed by atoms with van der Waals surface area (Å²) in [7, 11) is 0. The van der Waals surface area contributed by atoms with Gasteiger partial charge in [0.1, 0.15) is 30.7 Å². The second kappa shape index (κ2) is 18.2. The van der Waals surface area contributed by atoms with Gasteiger partial charge in [0, 0.05) is 41.3 Å². The molecule has 5 N–H and O–H groups in total. The number of aryl methyl sites for hydroxylation is 1. The number of carbonyl (C=O) groups is 5. The highest BCUT2D eigenvalue weighted by atomic mass is 35.5. The molecular formula is C44H38ClF3N8O8. The van der Waals surface area contributed by atoms with Crippen molar-refractivity contribution in [3.63, 3.8) is 0 Å². The number of anilines is 1. The van der Waals surface area contributed by atoms with Crippen molar-refractivity contribution >= 4 is 57.9 Å². The van der Waals surface area contributed by atoms with Gasteiger partial charge >= 0.3 is 6.18 Å². The number of fused-ring (bicyclic) bond motifs is 2. The van der Waals surface area contributed by atoms with Gasteiger partial charge in [0.05, 0.1) is 34.3 Å². The number of imide groups is 2. The monoisotopic (exact) mass is 898 g/mol. The summed E-state index contributed by atoms with van der Waals surface area (Å²) in [6.07, 6.45) is -3.75. The van der Waals surface area contributed by atoms with Gasteiger partial charge in [-0.3, -0.25) is 34.2 Å². The fourth-order valence-electron chi connectivity index (χ4n) is 7.45. The molecule has 0 saturated carbocycles. The Morgan fingerprint density at radius 2 is 1.72 bits per heavy atom. The second-order valence-electron chi connectivity index (χ2n) is 14.9. The molecule has 8 rings (SSSR count). The van der Waals surface area contributed by atoms with E-state index in [0.29, 0.717) is 50.7 Å². The molecule has 2 aromatic heterocycles. The highest BCUT2D eigenvalue weighted by molar-refractivity contribution is 6.31. The van der Waals surface area contributed by atoms with Gasteiger partial charge in [-0.1, -0.05) is 41.9 Å². The maximum absolute atomic E-state index is 13.3. The molecule has 0 aliphatic carbocycles. The summed E-state index contributed by atoms with van der Waals surface area (Å²) in [5, 5.41) is 24.4. The van der Waals surface area contributed by atoms with E-state index in [1.807, 2.05) is 12.1 Å². The number of aromatic hydroxyl groups is 1. The van der Waals surface area contributed by atoms with Crippen LogP contribution in [0.3, 0.4) is 0 Å². The predicted molar refractivity (Wildman–Crippen MR) is 225 cm³/mol. The topological polar surface area (TPSA) is 210 Å². The fourth-order valence-corrected chi connectivity index (χ4v) is 7.62. The number of alkyl halides is 3. The quantitative estimate of drug-likeness (QED) is 0.0596. The van der Waals surface area contributed by atoms with Gasteiger partial charge in [-0.15, -0.1) is 0 Å². The van der Waals surface area contributed by atoms with Crippen LogP contribution in [0.25, 0.3) is 28.2 Å². The van der Waals surface area contributed by atoms with Crippen LogP contribution < -0.4 is 20.7 Å². The first kappa shape index (κ1) is 43.4. The van der Waals surface area contributed by atoms with E-state index in [0.717, 1.165) is 22.6 Å². The smallest absolute Gasteiger partial charge is 0.416 e. The number of imidazole rings is 1. The average molecular weight is 899 g/mol. The molecule has 0 radical (unpaired) electrons. The van der Waals surface area contributed by atoms with Crippen LogP contribution in [-0.2, 0) is 38.1 Å². The number of benzene rings is 4. The summed E-state index contributed by atoms with van der Waals surface area (Å²) in [5.41, 5.74) is 2.95. The van der Waals surface area contributed by atoms with E-state index >= 15 is 0 Å². The van der Waals surface area contributed by atoms with Crippen molar-refractivity contribution in [2.45, 2.75) is 37.9 Å². The van der Waals surface area contributed by atoms with Crippen LogP contribution in [0.4, 0.5) is 18.9 Å². The first-order valence-electron chi connectivity index (χ1n) is 20.0. The minimum Gasteiger partial charge on any atom is -0.493 e. The van der Waals surface area contributed by atoms with E-state index in [-0.39, 0.29) is 81.0 Å². The summed E-state index contributed by atoms with van der Waals surface area (Å²) >= 11 is 6.13. The predicted octanol–water partition coefficient (Wildman–Crippen LogP) is 5.60. The van der Waals surface area contributed by atoms with E-state index in [1.165, 1.54) is 22.9 Å². The lowest BCUT2D eigenvalue weighted by molar-refractivity contribution is -0.138. The molecular weight excluding hydrogens is 861 g/mol. The van der Waals surface area contributed by atoms with Crippen molar-refractivity contribution in [1.29, 1.82) is 0 Å². The largest absolute Gasteiger partial charge is 0.493 e. The average Bonchev–Trinajstić information content (AvgIpc) is 3.92. The minimum atomic E-state index is -4.52. The fraction of sp³-hybridized carbons (Fsp3) is 0.250. The van der Waals surface area contributed by atoms with Crippen LogP contribution in [0.2, 0.25) is 5.02 Å². The SMILES string of the molecule is O=C(COCCOc1ccc(CCc2c(-c3ccc(C(F)(F)F)cc3)nn(-c3nc4cc(Cl)ccc4[nH]3)c2O)cc1)NCCNc1cccc2c1C(=O)N(C1CCC(=O)NC1=O)C2=O. The molecule has 1 unspecified atom stereocenters. The number of aromatic nitrogens is 4. The minimum absolute atomic E-state index is 0.0130. The number of amides is 5. The van der Waals surface area contributed by atoms with Crippen LogP contribution in [0.5, 0.6) is 11.6 Å². The maximum Gasteiger partial charge on any atom is 0.416 e. The molecule has 16 nitrogen and oxygen atoms in total. The third-order valence-corrected chi connectivity index (χ3v) is 10.9. The molecule has 330 valence electrons. The van der Waals surface area contributed by atoms with Crippen molar-refractivity contribution in [3.8, 4) is 28.8 Å². The third kappa shape index (κ3) is 9.25. The van der Waals surface area contributed by atoms with Crippen LogP contribution in [0.15, 0.2) is 84.9 Å². The third-order valence-electron chi connectivity index (χ3n) is 10.6. The number of carbonyl (C=O) groups excluding carboxylic acids is 5. The van der Waals surface area contributed by atoms with E-state index in [2.05, 4.69) is 31.0 Å². The number of halogens is 4. The van der Waals surface area contributed by atoms with Gasteiger partial charge in [-0.2, -0.15) is 23.0 Å². The lowest BCUT2D eigenvalue weighted by atomic mass is 10.00. The van der Waals surface area contributed by atoms with Crippen molar-refractivity contribution < 1.29 is 51.7 Å². The molecule has 0 spiro atoms. The summed E-state index contributed by atoms with van der Waals surface area (Å²) in [5.74, 6) is -2.29. The van der Waals surface area contributed by atoms with Gasteiger partial charge in [-0.25, -0.2) is 4.98 Å². The molecule has 2 aliphatic rings. The number of nitrogens with one attached hydrogen (secondary N) is 4. The Kier molecular flexibility index (Phi) is 12.4. The maximum atomic E-state index is 13.3. The molecule has 1 fully saturated rings. The Hall–Kier alpha value is -7.25. The first-order chi connectivity index (χ1) is 30.7. The highest BCUT2D eigenvalue weighted by Gasteiger charge is 2.45. The van der Waals surface area contributed by atoms with E-state index in [4.69, 9.17) is 21.1 Å². The van der Waals surface area contributed by atoms with Crippen LogP contribution >= 0.6 is 11.6 Å². The van der Waals surface area contributed by atoms with Crippen molar-refractivity contribution in [2.24, 2.45) is 0 Å². The molecule has 0 bridgehead atoms. The molecule has 5 amide bonds. The van der Waals surface area contributed by atoms with E-state index < -0.39 is 41.4 Å². The van der Waals surface area contributed by atoms with Gasteiger partial charge in [-0.05, 0) is 79.4 Å². The number of nitrogens with zero attached hydrogens (tertiary/aromatic N) is 4. The summed E-state index contributed by atoms with van der Waals surface area (Å²) in [6, 6.07) is 20.4. The normalized spacial score (nSPS) is 15.1. The molecule has 4 heterocycles. The number of rotatable bonds is 16. The van der Waals surface area contributed by atoms with Gasteiger partial charge in [0.2, 0.25) is 29.5 Å². The Labute approximate surface area is 366 Å². The molecule has 1 saturated heterocycles. The van der Waals surface area contributed by atoms with E-state index in [1.54, 1.807) is 42.5 Å². The molecule has 64 heavy (non-hydrogen) atoms. The highest BCUT2D eigenvalue weighted by Crippen LogP contribution is 2.36. The lowest BCUT2D eigenvalue weighted by Crippen LogP contribution is -2.54. The number of piperidine rings is 1. The summed E-state index contributed by atoms with van der Waals surface area (Å²) < 4.78 is 52.4. The molecule has 1 atom stereocenters. The number of H-pyrrole nitrogens is 1. The van der Waals surface area contributed by atoms with Crippen LogP contribution in [-0.4, -0.2) is 98.2 Å². The lowest BCUT2D eigenvalue weighted by Gasteiger charge is -2.27. The van der Waals surface area contributed by atoms with Gasteiger partial charge in [0.25, 0.3) is 11.8 Å². The zero-order valence-electron chi connectivity index (χ0n) is 33.6.